The molecule has 1 fully saturated rings. The van der Waals surface area contributed by atoms with Crippen LogP contribution in [0.4, 0.5) is 11.6 Å². The lowest BCUT2D eigenvalue weighted by Gasteiger charge is -2.26. The van der Waals surface area contributed by atoms with Crippen molar-refractivity contribution in [2.24, 2.45) is 0 Å². The van der Waals surface area contributed by atoms with Crippen LogP contribution in [-0.4, -0.2) is 27.9 Å². The first-order valence-corrected chi connectivity index (χ1v) is 6.76. The van der Waals surface area contributed by atoms with Gasteiger partial charge < -0.3 is 10.6 Å². The SMILES string of the molecule is N#Cc1c(N2CCCCC2)nn(-c2ccccn2)c1N. The van der Waals surface area contributed by atoms with E-state index in [9.17, 15) is 5.26 Å². The van der Waals surface area contributed by atoms with Gasteiger partial charge in [0.25, 0.3) is 0 Å². The van der Waals surface area contributed by atoms with Crippen molar-refractivity contribution >= 4 is 11.6 Å². The lowest BCUT2D eigenvalue weighted by molar-refractivity contribution is 0.571. The minimum atomic E-state index is 0.353. The van der Waals surface area contributed by atoms with Gasteiger partial charge in [-0.15, -0.1) is 5.10 Å². The Balaban J connectivity index is 2.05. The van der Waals surface area contributed by atoms with Crippen LogP contribution in [0, 0.1) is 11.3 Å². The molecule has 6 nitrogen and oxygen atoms in total. The summed E-state index contributed by atoms with van der Waals surface area (Å²) in [6, 6.07) is 7.70. The van der Waals surface area contributed by atoms with Crippen molar-refractivity contribution in [2.45, 2.75) is 19.3 Å². The molecule has 3 heterocycles. The summed E-state index contributed by atoms with van der Waals surface area (Å²) < 4.78 is 1.54. The number of piperidine rings is 1. The van der Waals surface area contributed by atoms with Gasteiger partial charge >= 0.3 is 0 Å². The summed E-state index contributed by atoms with van der Waals surface area (Å²) in [4.78, 5) is 6.37. The third kappa shape index (κ3) is 2.07. The number of rotatable bonds is 2. The zero-order valence-corrected chi connectivity index (χ0v) is 11.2. The summed E-state index contributed by atoms with van der Waals surface area (Å²) in [5, 5.41) is 13.9. The third-order valence-electron chi connectivity index (χ3n) is 3.54. The lowest BCUT2D eigenvalue weighted by atomic mass is 10.1. The van der Waals surface area contributed by atoms with Crippen LogP contribution in [0.3, 0.4) is 0 Å². The number of nitrogen functional groups attached to an aromatic ring is 1. The Morgan fingerprint density at radius 3 is 2.65 bits per heavy atom. The van der Waals surface area contributed by atoms with Gasteiger partial charge in [0.15, 0.2) is 11.6 Å². The van der Waals surface area contributed by atoms with E-state index >= 15 is 0 Å². The highest BCUT2D eigenvalue weighted by Gasteiger charge is 2.23. The van der Waals surface area contributed by atoms with Crippen LogP contribution in [0.15, 0.2) is 24.4 Å². The van der Waals surface area contributed by atoms with E-state index in [4.69, 9.17) is 5.73 Å². The Kier molecular flexibility index (Phi) is 3.25. The highest BCUT2D eigenvalue weighted by atomic mass is 15.4. The molecule has 2 aromatic heterocycles. The number of nitrogens with two attached hydrogens (primary N) is 1. The zero-order valence-electron chi connectivity index (χ0n) is 11.2. The quantitative estimate of drug-likeness (QED) is 0.896. The molecule has 0 spiro atoms. The monoisotopic (exact) mass is 268 g/mol. The average Bonchev–Trinajstić information content (AvgIpc) is 2.86. The van der Waals surface area contributed by atoms with Gasteiger partial charge in [0, 0.05) is 19.3 Å². The summed E-state index contributed by atoms with van der Waals surface area (Å²) in [7, 11) is 0. The fraction of sp³-hybridized carbons (Fsp3) is 0.357. The largest absolute Gasteiger partial charge is 0.382 e. The van der Waals surface area contributed by atoms with Crippen molar-refractivity contribution in [2.75, 3.05) is 23.7 Å². The molecule has 1 aliphatic rings. The molecule has 0 saturated carbocycles. The summed E-state index contributed by atoms with van der Waals surface area (Å²) in [6.07, 6.45) is 5.17. The minimum Gasteiger partial charge on any atom is -0.382 e. The number of hydrogen-bond donors (Lipinski definition) is 1. The highest BCUT2D eigenvalue weighted by molar-refractivity contribution is 5.66. The van der Waals surface area contributed by atoms with Crippen molar-refractivity contribution in [3.63, 3.8) is 0 Å². The number of nitriles is 1. The number of nitrogens with zero attached hydrogens (tertiary/aromatic N) is 5. The number of anilines is 2. The van der Waals surface area contributed by atoms with E-state index < -0.39 is 0 Å². The molecule has 0 aromatic carbocycles. The molecule has 0 radical (unpaired) electrons. The molecular formula is C14H16N6. The van der Waals surface area contributed by atoms with E-state index in [2.05, 4.69) is 21.1 Å². The molecule has 2 N–H and O–H groups in total. The molecule has 1 saturated heterocycles. The van der Waals surface area contributed by atoms with E-state index in [0.29, 0.717) is 23.0 Å². The molecular weight excluding hydrogens is 252 g/mol. The first-order valence-electron chi connectivity index (χ1n) is 6.76. The van der Waals surface area contributed by atoms with Crippen molar-refractivity contribution in [1.29, 1.82) is 5.26 Å². The first-order chi connectivity index (χ1) is 9.81. The number of aromatic nitrogens is 3. The molecule has 0 atom stereocenters. The molecule has 0 aliphatic carbocycles. The van der Waals surface area contributed by atoms with Crippen LogP contribution in [0.2, 0.25) is 0 Å². The Hall–Kier alpha value is -2.55. The Morgan fingerprint density at radius 1 is 1.20 bits per heavy atom. The van der Waals surface area contributed by atoms with E-state index in [-0.39, 0.29) is 0 Å². The second kappa shape index (κ2) is 5.21. The molecule has 0 amide bonds. The van der Waals surface area contributed by atoms with Crippen LogP contribution >= 0.6 is 0 Å². The topological polar surface area (TPSA) is 83.8 Å². The van der Waals surface area contributed by atoms with Crippen LogP contribution < -0.4 is 10.6 Å². The van der Waals surface area contributed by atoms with Gasteiger partial charge in [-0.1, -0.05) is 6.07 Å². The van der Waals surface area contributed by atoms with E-state index in [0.717, 1.165) is 25.9 Å². The van der Waals surface area contributed by atoms with Crippen LogP contribution in [0.1, 0.15) is 24.8 Å². The predicted octanol–water partition coefficient (Wildman–Crippen LogP) is 1.71. The normalized spacial score (nSPS) is 15.1. The van der Waals surface area contributed by atoms with Crippen LogP contribution in [-0.2, 0) is 0 Å². The maximum atomic E-state index is 9.36. The van der Waals surface area contributed by atoms with E-state index in [1.807, 2.05) is 18.2 Å². The number of hydrogen-bond acceptors (Lipinski definition) is 5. The fourth-order valence-electron chi connectivity index (χ4n) is 2.51. The molecule has 2 aromatic rings. The smallest absolute Gasteiger partial charge is 0.171 e. The van der Waals surface area contributed by atoms with Crippen LogP contribution in [0.25, 0.3) is 5.82 Å². The number of pyridine rings is 1. The van der Waals surface area contributed by atoms with Gasteiger partial charge in [-0.25, -0.2) is 4.98 Å². The van der Waals surface area contributed by atoms with Crippen molar-refractivity contribution in [1.82, 2.24) is 14.8 Å². The van der Waals surface area contributed by atoms with Gasteiger partial charge in [-0.2, -0.15) is 9.94 Å². The van der Waals surface area contributed by atoms with Crippen molar-refractivity contribution in [3.8, 4) is 11.9 Å². The second-order valence-electron chi connectivity index (χ2n) is 4.84. The minimum absolute atomic E-state index is 0.353. The maximum absolute atomic E-state index is 9.36. The average molecular weight is 268 g/mol. The Labute approximate surface area is 117 Å². The predicted molar refractivity (Wildman–Crippen MR) is 76.6 cm³/mol. The van der Waals surface area contributed by atoms with E-state index in [1.54, 1.807) is 10.9 Å². The molecule has 1 aliphatic heterocycles. The summed E-state index contributed by atoms with van der Waals surface area (Å²) in [6.45, 7) is 1.85. The molecule has 20 heavy (non-hydrogen) atoms. The van der Waals surface area contributed by atoms with E-state index in [1.165, 1.54) is 6.42 Å². The standard InChI is InChI=1S/C14H16N6/c15-10-11-13(16)20(12-6-2-3-7-17-12)18-14(11)19-8-4-1-5-9-19/h2-3,6-7H,1,4-5,8-9,16H2. The highest BCUT2D eigenvalue weighted by Crippen LogP contribution is 2.28. The molecule has 0 unspecified atom stereocenters. The van der Waals surface area contributed by atoms with Crippen LogP contribution in [0.5, 0.6) is 0 Å². The molecule has 0 bridgehead atoms. The fourth-order valence-corrected chi connectivity index (χ4v) is 2.51. The second-order valence-corrected chi connectivity index (χ2v) is 4.84. The van der Waals surface area contributed by atoms with Crippen molar-refractivity contribution < 1.29 is 0 Å². The Bertz CT molecular complexity index is 634. The summed E-state index contributed by atoms with van der Waals surface area (Å²) in [5.41, 5.74) is 6.51. The molecule has 102 valence electrons. The third-order valence-corrected chi connectivity index (χ3v) is 3.54. The van der Waals surface area contributed by atoms with Crippen molar-refractivity contribution in [3.05, 3.63) is 30.0 Å². The zero-order chi connectivity index (χ0) is 13.9. The van der Waals surface area contributed by atoms with Gasteiger partial charge in [-0.05, 0) is 31.4 Å². The summed E-state index contributed by atoms with van der Waals surface area (Å²) >= 11 is 0. The van der Waals surface area contributed by atoms with Gasteiger partial charge in [0.1, 0.15) is 17.5 Å². The first kappa shape index (κ1) is 12.5. The maximum Gasteiger partial charge on any atom is 0.171 e. The summed E-state index contributed by atoms with van der Waals surface area (Å²) in [5.74, 6) is 1.66. The van der Waals surface area contributed by atoms with Gasteiger partial charge in [0.2, 0.25) is 0 Å². The van der Waals surface area contributed by atoms with Gasteiger partial charge in [-0.3, -0.25) is 0 Å². The Morgan fingerprint density at radius 2 is 2.00 bits per heavy atom. The molecule has 3 rings (SSSR count). The molecule has 6 heteroatoms. The lowest BCUT2D eigenvalue weighted by Crippen LogP contribution is -2.30. The van der Waals surface area contributed by atoms with Gasteiger partial charge in [0.05, 0.1) is 0 Å².